The highest BCUT2D eigenvalue weighted by Crippen LogP contribution is 2.34. The molecule has 0 radical (unpaired) electrons. The van der Waals surface area contributed by atoms with Crippen LogP contribution in [-0.4, -0.2) is 42.5 Å². The molecule has 4 aromatic rings. The molecular formula is C28H28F2N6O3S. The van der Waals surface area contributed by atoms with Crippen molar-refractivity contribution in [3.8, 4) is 22.9 Å². The van der Waals surface area contributed by atoms with Gasteiger partial charge in [-0.05, 0) is 54.8 Å². The van der Waals surface area contributed by atoms with Crippen LogP contribution in [0.15, 0.2) is 73.1 Å². The molecule has 0 aliphatic carbocycles. The molecule has 40 heavy (non-hydrogen) atoms. The molecule has 1 aliphatic rings. The molecule has 3 heterocycles. The summed E-state index contributed by atoms with van der Waals surface area (Å²) in [5.41, 5.74) is 0.894. The number of anilines is 2. The summed E-state index contributed by atoms with van der Waals surface area (Å²) in [5.74, 6) is -2.66. The van der Waals surface area contributed by atoms with E-state index in [1.54, 1.807) is 54.7 Å². The van der Waals surface area contributed by atoms with Crippen LogP contribution < -0.4 is 20.1 Å². The molecule has 2 aromatic carbocycles. The Morgan fingerprint density at radius 1 is 0.975 bits per heavy atom. The number of benzene rings is 2. The molecule has 0 unspecified atom stereocenters. The molecule has 5 rings (SSSR count). The largest absolute Gasteiger partial charge is 0.435 e. The zero-order valence-corrected chi connectivity index (χ0v) is 22.5. The van der Waals surface area contributed by atoms with Crippen LogP contribution in [0.5, 0.6) is 11.6 Å². The highest BCUT2D eigenvalue weighted by atomic mass is 32.2. The van der Waals surface area contributed by atoms with Crippen LogP contribution in [0, 0.1) is 17.6 Å². The maximum atomic E-state index is 15.0. The van der Waals surface area contributed by atoms with E-state index in [9.17, 15) is 12.8 Å². The number of hydrogen-bond acceptors (Lipinski definition) is 8. The molecule has 0 saturated carbocycles. The van der Waals surface area contributed by atoms with Gasteiger partial charge in [0, 0.05) is 25.0 Å². The molecule has 3 N–H and O–H groups in total. The summed E-state index contributed by atoms with van der Waals surface area (Å²) in [6.45, 7) is 3.93. The number of piperidine rings is 1. The average molecular weight is 567 g/mol. The smallest absolute Gasteiger partial charge is 0.237 e. The first kappa shape index (κ1) is 27.4. The van der Waals surface area contributed by atoms with Crippen LogP contribution in [-0.2, 0) is 15.8 Å². The van der Waals surface area contributed by atoms with Gasteiger partial charge in [-0.25, -0.2) is 27.8 Å². The second-order valence-corrected chi connectivity index (χ2v) is 11.4. The second kappa shape index (κ2) is 11.9. The zero-order valence-electron chi connectivity index (χ0n) is 21.6. The summed E-state index contributed by atoms with van der Waals surface area (Å²) in [7, 11) is -3.99. The fraction of sp³-hybridized carbons (Fsp3) is 0.250. The molecule has 2 atom stereocenters. The summed E-state index contributed by atoms with van der Waals surface area (Å²) >= 11 is 0. The highest BCUT2D eigenvalue weighted by molar-refractivity contribution is 7.91. The van der Waals surface area contributed by atoms with E-state index in [0.717, 1.165) is 31.6 Å². The van der Waals surface area contributed by atoms with E-state index in [-0.39, 0.29) is 11.9 Å². The quantitative estimate of drug-likeness (QED) is 0.260. The molecule has 1 saturated heterocycles. The SMILES string of the molecule is C[C@H]1CNC[C@@H](Nc2nccc(-c3cccnc3Oc3ccc(NS(=O)(=O)Cc4ccccc4)c(F)c3F)n2)C1. The molecular weight excluding hydrogens is 538 g/mol. The van der Waals surface area contributed by atoms with E-state index in [4.69, 9.17) is 4.74 Å². The molecule has 12 heteroatoms. The van der Waals surface area contributed by atoms with Gasteiger partial charge in [0.2, 0.25) is 27.7 Å². The lowest BCUT2D eigenvalue weighted by Crippen LogP contribution is -2.42. The molecule has 2 aromatic heterocycles. The zero-order chi connectivity index (χ0) is 28.1. The topological polar surface area (TPSA) is 118 Å². The van der Waals surface area contributed by atoms with Gasteiger partial charge in [0.05, 0.1) is 22.7 Å². The monoisotopic (exact) mass is 566 g/mol. The highest BCUT2D eigenvalue weighted by Gasteiger charge is 2.22. The number of rotatable bonds is 9. The van der Waals surface area contributed by atoms with E-state index in [0.29, 0.717) is 28.7 Å². The Labute approximate surface area is 231 Å². The van der Waals surface area contributed by atoms with Crippen molar-refractivity contribution in [3.63, 3.8) is 0 Å². The van der Waals surface area contributed by atoms with Crippen molar-refractivity contribution in [2.75, 3.05) is 23.1 Å². The van der Waals surface area contributed by atoms with Gasteiger partial charge in [-0.3, -0.25) is 4.72 Å². The van der Waals surface area contributed by atoms with Crippen LogP contribution in [0.25, 0.3) is 11.3 Å². The van der Waals surface area contributed by atoms with Gasteiger partial charge in [0.25, 0.3) is 0 Å². The van der Waals surface area contributed by atoms with Crippen LogP contribution in [0.2, 0.25) is 0 Å². The Balaban J connectivity index is 1.34. The summed E-state index contributed by atoms with van der Waals surface area (Å²) in [6, 6.07) is 15.8. The minimum atomic E-state index is -3.99. The Bertz CT molecular complexity index is 1590. The summed E-state index contributed by atoms with van der Waals surface area (Å²) in [5, 5.41) is 6.71. The third-order valence-corrected chi connectivity index (χ3v) is 7.57. The van der Waals surface area contributed by atoms with Crippen molar-refractivity contribution in [3.05, 3.63) is 90.3 Å². The normalized spacial score (nSPS) is 17.3. The first-order valence-electron chi connectivity index (χ1n) is 12.7. The molecule has 1 fully saturated rings. The van der Waals surface area contributed by atoms with E-state index in [1.807, 2.05) is 0 Å². The number of ether oxygens (including phenoxy) is 1. The fourth-order valence-corrected chi connectivity index (χ4v) is 5.68. The Morgan fingerprint density at radius 3 is 2.60 bits per heavy atom. The molecule has 9 nitrogen and oxygen atoms in total. The summed E-state index contributed by atoms with van der Waals surface area (Å²) in [4.78, 5) is 13.1. The van der Waals surface area contributed by atoms with Gasteiger partial charge in [0.1, 0.15) is 0 Å². The standard InChI is InChI=1S/C28H28F2N6O3S/c1-18-14-20(16-31-15-18)34-28-33-13-11-22(35-28)21-8-5-12-32-27(21)39-24-10-9-23(25(29)26(24)30)36-40(37,38)17-19-6-3-2-4-7-19/h2-13,18,20,31,36H,14-17H2,1H3,(H,33,34,35)/t18-,20+/m1/s1. The van der Waals surface area contributed by atoms with Crippen molar-refractivity contribution >= 4 is 21.7 Å². The van der Waals surface area contributed by atoms with Gasteiger partial charge in [-0.1, -0.05) is 37.3 Å². The molecule has 208 valence electrons. The number of halogens is 2. The predicted molar refractivity (Wildman–Crippen MR) is 148 cm³/mol. The number of hydrogen-bond donors (Lipinski definition) is 3. The van der Waals surface area contributed by atoms with Gasteiger partial charge >= 0.3 is 0 Å². The van der Waals surface area contributed by atoms with Gasteiger partial charge in [-0.15, -0.1) is 0 Å². The van der Waals surface area contributed by atoms with E-state index < -0.39 is 38.8 Å². The van der Waals surface area contributed by atoms with E-state index in [2.05, 4.69) is 37.2 Å². The lowest BCUT2D eigenvalue weighted by atomic mass is 9.98. The predicted octanol–water partition coefficient (Wildman–Crippen LogP) is 4.96. The number of aromatic nitrogens is 3. The fourth-order valence-electron chi connectivity index (χ4n) is 4.49. The maximum absolute atomic E-state index is 15.0. The number of sulfonamides is 1. The van der Waals surface area contributed by atoms with Crippen LogP contribution in [0.4, 0.5) is 20.4 Å². The van der Waals surface area contributed by atoms with Crippen LogP contribution in [0.3, 0.4) is 0 Å². The van der Waals surface area contributed by atoms with E-state index >= 15 is 4.39 Å². The molecule has 0 amide bonds. The first-order chi connectivity index (χ1) is 19.3. The van der Waals surface area contributed by atoms with Gasteiger partial charge in [-0.2, -0.15) is 4.39 Å². The third kappa shape index (κ3) is 6.69. The summed E-state index contributed by atoms with van der Waals surface area (Å²) in [6.07, 6.45) is 4.03. The third-order valence-electron chi connectivity index (χ3n) is 6.32. The number of nitrogens with one attached hydrogen (secondary N) is 3. The second-order valence-electron chi connectivity index (χ2n) is 9.65. The van der Waals surface area contributed by atoms with Gasteiger partial charge < -0.3 is 15.4 Å². The van der Waals surface area contributed by atoms with Crippen molar-refractivity contribution in [1.82, 2.24) is 20.3 Å². The lowest BCUT2D eigenvalue weighted by Gasteiger charge is -2.28. The first-order valence-corrected chi connectivity index (χ1v) is 14.4. The number of nitrogens with zero attached hydrogens (tertiary/aromatic N) is 3. The van der Waals surface area contributed by atoms with Crippen molar-refractivity contribution < 1.29 is 21.9 Å². The molecule has 0 spiro atoms. The minimum absolute atomic E-state index is 0.00388. The van der Waals surface area contributed by atoms with Crippen LogP contribution in [0.1, 0.15) is 18.9 Å². The van der Waals surface area contributed by atoms with Crippen molar-refractivity contribution in [2.24, 2.45) is 5.92 Å². The lowest BCUT2D eigenvalue weighted by molar-refractivity contribution is 0.377. The Hall–Kier alpha value is -4.16. The Morgan fingerprint density at radius 2 is 1.80 bits per heavy atom. The van der Waals surface area contributed by atoms with Gasteiger partial charge in [0.15, 0.2) is 11.6 Å². The maximum Gasteiger partial charge on any atom is 0.237 e. The van der Waals surface area contributed by atoms with Crippen LogP contribution >= 0.6 is 0 Å². The minimum Gasteiger partial charge on any atom is -0.435 e. The number of pyridine rings is 1. The Kier molecular flexibility index (Phi) is 8.17. The van der Waals surface area contributed by atoms with Crippen molar-refractivity contribution in [1.29, 1.82) is 0 Å². The summed E-state index contributed by atoms with van der Waals surface area (Å²) < 4.78 is 62.8. The van der Waals surface area contributed by atoms with E-state index in [1.165, 1.54) is 6.20 Å². The average Bonchev–Trinajstić information content (AvgIpc) is 2.93. The molecule has 1 aliphatic heterocycles. The molecule has 0 bridgehead atoms. The van der Waals surface area contributed by atoms with Crippen molar-refractivity contribution in [2.45, 2.75) is 25.1 Å².